The van der Waals surface area contributed by atoms with Crippen molar-refractivity contribution in [1.29, 1.82) is 0 Å². The third-order valence-electron chi connectivity index (χ3n) is 6.42. The quantitative estimate of drug-likeness (QED) is 0.454. The molecule has 1 saturated heterocycles. The average molecular weight is 477 g/mol. The number of imide groups is 1. The number of nitrogens with zero attached hydrogens (tertiary/aromatic N) is 1. The van der Waals surface area contributed by atoms with Gasteiger partial charge in [-0.15, -0.1) is 0 Å². The summed E-state index contributed by atoms with van der Waals surface area (Å²) in [7, 11) is 0. The van der Waals surface area contributed by atoms with E-state index < -0.39 is 23.9 Å². The van der Waals surface area contributed by atoms with Crippen molar-refractivity contribution in [1.82, 2.24) is 20.5 Å². The molecule has 9 nitrogen and oxygen atoms in total. The molecule has 3 aromatic rings. The number of ether oxygens (including phenoxy) is 2. The van der Waals surface area contributed by atoms with Crippen molar-refractivity contribution >= 4 is 28.7 Å². The number of urea groups is 1. The molecule has 3 N–H and O–H groups in total. The number of nitrogens with one attached hydrogen (secondary N) is 3. The highest BCUT2D eigenvalue weighted by Gasteiger charge is 2.39. The van der Waals surface area contributed by atoms with E-state index in [0.717, 1.165) is 26.9 Å². The maximum absolute atomic E-state index is 13.0. The van der Waals surface area contributed by atoms with Crippen molar-refractivity contribution in [2.75, 3.05) is 19.8 Å². The largest absolute Gasteiger partial charge is 0.486 e. The van der Waals surface area contributed by atoms with Crippen LogP contribution in [0, 0.1) is 5.92 Å². The number of hydrogen-bond acceptors (Lipinski definition) is 5. The number of aromatic amines is 1. The Kier molecular flexibility index (Phi) is 6.07. The number of para-hydroxylation sites is 1. The number of hydrogen-bond donors (Lipinski definition) is 3. The Morgan fingerprint density at radius 2 is 1.89 bits per heavy atom. The van der Waals surface area contributed by atoms with Gasteiger partial charge in [-0.3, -0.25) is 14.5 Å². The molecule has 35 heavy (non-hydrogen) atoms. The van der Waals surface area contributed by atoms with Crippen molar-refractivity contribution < 1.29 is 23.9 Å². The van der Waals surface area contributed by atoms with Gasteiger partial charge < -0.3 is 25.1 Å². The Morgan fingerprint density at radius 1 is 1.11 bits per heavy atom. The van der Waals surface area contributed by atoms with Gasteiger partial charge in [0, 0.05) is 23.5 Å². The Bertz CT molecular complexity index is 1280. The van der Waals surface area contributed by atoms with Crippen molar-refractivity contribution in [3.05, 3.63) is 59.8 Å². The second-order valence-corrected chi connectivity index (χ2v) is 9.18. The predicted molar refractivity (Wildman–Crippen MR) is 129 cm³/mol. The second-order valence-electron chi connectivity index (χ2n) is 9.18. The molecule has 2 aliphatic rings. The van der Waals surface area contributed by atoms with E-state index in [-0.39, 0.29) is 18.5 Å². The van der Waals surface area contributed by atoms with Gasteiger partial charge in [0.1, 0.15) is 25.8 Å². The first-order valence-corrected chi connectivity index (χ1v) is 11.8. The molecule has 2 aliphatic heterocycles. The number of carbonyl (C=O) groups excluding carboxylic acids is 3. The predicted octanol–water partition coefficient (Wildman–Crippen LogP) is 2.92. The van der Waals surface area contributed by atoms with Crippen molar-refractivity contribution in [3.8, 4) is 11.5 Å². The van der Waals surface area contributed by atoms with Crippen LogP contribution < -0.4 is 20.1 Å². The molecule has 3 heterocycles. The molecular weight excluding hydrogens is 448 g/mol. The summed E-state index contributed by atoms with van der Waals surface area (Å²) in [5.41, 5.74) is 2.77. The Labute approximate surface area is 202 Å². The summed E-state index contributed by atoms with van der Waals surface area (Å²) in [5.74, 6) is 0.571. The van der Waals surface area contributed by atoms with Crippen LogP contribution >= 0.6 is 0 Å². The summed E-state index contributed by atoms with van der Waals surface area (Å²) in [5, 5.41) is 6.70. The van der Waals surface area contributed by atoms with Gasteiger partial charge in [-0.25, -0.2) is 4.79 Å². The van der Waals surface area contributed by atoms with E-state index in [9.17, 15) is 14.4 Å². The van der Waals surface area contributed by atoms with E-state index >= 15 is 0 Å². The Hall–Kier alpha value is -4.01. The summed E-state index contributed by atoms with van der Waals surface area (Å²) in [6.07, 6.45) is 2.19. The first-order valence-electron chi connectivity index (χ1n) is 11.8. The Morgan fingerprint density at radius 3 is 2.69 bits per heavy atom. The summed E-state index contributed by atoms with van der Waals surface area (Å²) in [6, 6.07) is 11.8. The van der Waals surface area contributed by atoms with Crippen molar-refractivity contribution in [3.63, 3.8) is 0 Å². The van der Waals surface area contributed by atoms with E-state index in [1.807, 2.05) is 62.5 Å². The number of H-pyrrole nitrogens is 1. The zero-order valence-corrected chi connectivity index (χ0v) is 19.7. The second kappa shape index (κ2) is 9.32. The standard InChI is InChI=1S/C26H28N4O5/c1-15(2)24(16-7-8-21-22(12-16)35-10-9-34-21)29-23(31)14-30-25(32)20(28-26(30)33)11-17-13-27-19-6-4-3-5-18(17)19/h3-8,12-13,15,20,24,27H,9-11,14H2,1-2H3,(H,28,33)(H,29,31)/t20-,24+/m1/s1. The molecule has 2 aromatic carbocycles. The fourth-order valence-electron chi connectivity index (χ4n) is 4.64. The molecule has 0 spiro atoms. The van der Waals surface area contributed by atoms with Gasteiger partial charge in [-0.2, -0.15) is 0 Å². The maximum Gasteiger partial charge on any atom is 0.325 e. The molecule has 4 amide bonds. The van der Waals surface area contributed by atoms with E-state index in [2.05, 4.69) is 15.6 Å². The van der Waals surface area contributed by atoms with Gasteiger partial charge in [-0.1, -0.05) is 38.1 Å². The summed E-state index contributed by atoms with van der Waals surface area (Å²) >= 11 is 0. The van der Waals surface area contributed by atoms with Crippen LogP contribution in [0.2, 0.25) is 0 Å². The van der Waals surface area contributed by atoms with Gasteiger partial charge in [0.2, 0.25) is 5.91 Å². The highest BCUT2D eigenvalue weighted by molar-refractivity contribution is 6.06. The lowest BCUT2D eigenvalue weighted by atomic mass is 9.95. The molecule has 0 bridgehead atoms. The van der Waals surface area contributed by atoms with E-state index in [0.29, 0.717) is 31.1 Å². The molecule has 9 heteroatoms. The number of amides is 4. The number of aromatic nitrogens is 1. The van der Waals surface area contributed by atoms with Crippen LogP contribution in [0.15, 0.2) is 48.7 Å². The number of benzene rings is 2. The van der Waals surface area contributed by atoms with E-state index in [1.54, 1.807) is 0 Å². The summed E-state index contributed by atoms with van der Waals surface area (Å²) in [6.45, 7) is 4.62. The fourth-order valence-corrected chi connectivity index (χ4v) is 4.64. The fraction of sp³-hybridized carbons (Fsp3) is 0.346. The molecule has 0 radical (unpaired) electrons. The molecule has 2 atom stereocenters. The average Bonchev–Trinajstić information content (AvgIpc) is 3.38. The third kappa shape index (κ3) is 4.53. The first kappa shape index (κ1) is 22.8. The third-order valence-corrected chi connectivity index (χ3v) is 6.42. The summed E-state index contributed by atoms with van der Waals surface area (Å²) in [4.78, 5) is 42.6. The van der Waals surface area contributed by atoms with Gasteiger partial charge in [0.05, 0.1) is 6.04 Å². The zero-order chi connectivity index (χ0) is 24.5. The monoisotopic (exact) mass is 476 g/mol. The van der Waals surface area contributed by atoms with Crippen LogP contribution in [0.5, 0.6) is 11.5 Å². The van der Waals surface area contributed by atoms with E-state index in [1.165, 1.54) is 0 Å². The lowest BCUT2D eigenvalue weighted by Gasteiger charge is -2.26. The smallest absolute Gasteiger partial charge is 0.325 e. The normalized spacial score (nSPS) is 18.1. The topological polar surface area (TPSA) is 113 Å². The minimum Gasteiger partial charge on any atom is -0.486 e. The van der Waals surface area contributed by atoms with Crippen LogP contribution in [0.25, 0.3) is 10.9 Å². The molecular formula is C26H28N4O5. The molecule has 1 fully saturated rings. The molecule has 1 aromatic heterocycles. The van der Waals surface area contributed by atoms with Crippen LogP contribution in [0.1, 0.15) is 31.0 Å². The Balaban J connectivity index is 1.25. The van der Waals surface area contributed by atoms with Crippen LogP contribution in [0.4, 0.5) is 4.79 Å². The van der Waals surface area contributed by atoms with Crippen molar-refractivity contribution in [2.45, 2.75) is 32.4 Å². The van der Waals surface area contributed by atoms with Gasteiger partial charge in [-0.05, 0) is 35.2 Å². The maximum atomic E-state index is 13.0. The van der Waals surface area contributed by atoms with Gasteiger partial charge in [0.25, 0.3) is 5.91 Å². The van der Waals surface area contributed by atoms with Gasteiger partial charge in [0.15, 0.2) is 11.5 Å². The van der Waals surface area contributed by atoms with Crippen molar-refractivity contribution in [2.24, 2.45) is 5.92 Å². The minimum absolute atomic E-state index is 0.0687. The number of rotatable bonds is 7. The minimum atomic E-state index is -0.715. The molecule has 0 aliphatic carbocycles. The molecule has 0 saturated carbocycles. The lowest BCUT2D eigenvalue weighted by Crippen LogP contribution is -2.43. The van der Waals surface area contributed by atoms with Crippen LogP contribution in [0.3, 0.4) is 0 Å². The SMILES string of the molecule is CC(C)[C@H](NC(=O)CN1C(=O)N[C@H](Cc2c[nH]c3ccccc23)C1=O)c1ccc2c(c1)OCCO2. The highest BCUT2D eigenvalue weighted by Crippen LogP contribution is 2.34. The van der Waals surface area contributed by atoms with Gasteiger partial charge >= 0.3 is 6.03 Å². The lowest BCUT2D eigenvalue weighted by molar-refractivity contribution is -0.132. The number of carbonyl (C=O) groups is 3. The zero-order valence-electron chi connectivity index (χ0n) is 19.7. The molecule has 182 valence electrons. The number of fused-ring (bicyclic) bond motifs is 2. The molecule has 5 rings (SSSR count). The van der Waals surface area contributed by atoms with E-state index in [4.69, 9.17) is 9.47 Å². The summed E-state index contributed by atoms with van der Waals surface area (Å²) < 4.78 is 11.3. The van der Waals surface area contributed by atoms with Crippen LogP contribution in [-0.2, 0) is 16.0 Å². The first-order chi connectivity index (χ1) is 16.9. The van der Waals surface area contributed by atoms with Crippen LogP contribution in [-0.4, -0.2) is 53.5 Å². The highest BCUT2D eigenvalue weighted by atomic mass is 16.6. The molecule has 0 unspecified atom stereocenters.